The van der Waals surface area contributed by atoms with Gasteiger partial charge in [0.05, 0.1) is 5.92 Å². The molecular weight excluding hydrogens is 296 g/mol. The van der Waals surface area contributed by atoms with Gasteiger partial charge in [0.1, 0.15) is 0 Å². The lowest BCUT2D eigenvalue weighted by atomic mass is 9.79. The van der Waals surface area contributed by atoms with Crippen LogP contribution in [0.3, 0.4) is 0 Å². The molecule has 1 aliphatic rings. The molecule has 1 aromatic carbocycles. The van der Waals surface area contributed by atoms with Gasteiger partial charge in [-0.05, 0) is 30.2 Å². The Bertz CT molecular complexity index is 479. The molecular formula is C18H29ClN2O. The number of carbonyl (C=O) groups is 1. The lowest BCUT2D eigenvalue weighted by Crippen LogP contribution is -2.48. The van der Waals surface area contributed by atoms with Crippen molar-refractivity contribution in [1.29, 1.82) is 0 Å². The third-order valence-corrected chi connectivity index (χ3v) is 5.06. The first-order valence-corrected chi connectivity index (χ1v) is 8.06. The van der Waals surface area contributed by atoms with Gasteiger partial charge in [-0.2, -0.15) is 0 Å². The number of piperidine rings is 1. The third-order valence-electron chi connectivity index (χ3n) is 5.06. The van der Waals surface area contributed by atoms with Gasteiger partial charge in [-0.3, -0.25) is 4.79 Å². The Morgan fingerprint density at radius 2 is 2.00 bits per heavy atom. The van der Waals surface area contributed by atoms with Crippen molar-refractivity contribution in [2.24, 2.45) is 17.1 Å². The molecule has 3 unspecified atom stereocenters. The standard InChI is InChI=1S/C18H28N2O.ClH/c1-4-18(3)11-8-12-20(13-18)17(21)14(2)16(19)15-9-6-5-7-10-15;/h5-7,9-10,14,16H,4,8,11-13,19H2,1-3H3;1H. The van der Waals surface area contributed by atoms with Gasteiger partial charge >= 0.3 is 0 Å². The highest BCUT2D eigenvalue weighted by Crippen LogP contribution is 2.34. The van der Waals surface area contributed by atoms with E-state index in [0.29, 0.717) is 0 Å². The predicted octanol–water partition coefficient (Wildman–Crippen LogP) is 3.78. The Morgan fingerprint density at radius 1 is 1.36 bits per heavy atom. The number of carbonyl (C=O) groups excluding carboxylic acids is 1. The fourth-order valence-electron chi connectivity index (χ4n) is 3.20. The molecule has 1 aromatic rings. The zero-order valence-electron chi connectivity index (χ0n) is 13.9. The third kappa shape index (κ3) is 4.23. The molecule has 22 heavy (non-hydrogen) atoms. The topological polar surface area (TPSA) is 46.3 Å². The largest absolute Gasteiger partial charge is 0.342 e. The van der Waals surface area contributed by atoms with Crippen LogP contribution in [0.15, 0.2) is 30.3 Å². The number of hydrogen-bond acceptors (Lipinski definition) is 2. The van der Waals surface area contributed by atoms with E-state index in [4.69, 9.17) is 5.73 Å². The van der Waals surface area contributed by atoms with Crippen LogP contribution in [0.2, 0.25) is 0 Å². The number of nitrogens with two attached hydrogens (primary N) is 1. The molecule has 1 aliphatic heterocycles. The van der Waals surface area contributed by atoms with Crippen LogP contribution in [-0.2, 0) is 4.79 Å². The van der Waals surface area contributed by atoms with Crippen LogP contribution in [0.4, 0.5) is 0 Å². The summed E-state index contributed by atoms with van der Waals surface area (Å²) in [5, 5.41) is 0. The van der Waals surface area contributed by atoms with E-state index >= 15 is 0 Å². The Kier molecular flexibility index (Phi) is 6.89. The molecule has 3 atom stereocenters. The van der Waals surface area contributed by atoms with Gasteiger partial charge in [-0.1, -0.05) is 51.1 Å². The summed E-state index contributed by atoms with van der Waals surface area (Å²) in [4.78, 5) is 14.8. The second-order valence-corrected chi connectivity index (χ2v) is 6.75. The monoisotopic (exact) mass is 324 g/mol. The summed E-state index contributed by atoms with van der Waals surface area (Å²) in [6.45, 7) is 8.20. The fourth-order valence-corrected chi connectivity index (χ4v) is 3.20. The van der Waals surface area contributed by atoms with E-state index < -0.39 is 0 Å². The molecule has 1 heterocycles. The maximum absolute atomic E-state index is 12.8. The molecule has 4 heteroatoms. The summed E-state index contributed by atoms with van der Waals surface area (Å²) in [5.74, 6) is 0.0253. The number of benzene rings is 1. The zero-order valence-corrected chi connectivity index (χ0v) is 14.7. The summed E-state index contributed by atoms with van der Waals surface area (Å²) in [7, 11) is 0. The van der Waals surface area contributed by atoms with E-state index in [2.05, 4.69) is 13.8 Å². The maximum Gasteiger partial charge on any atom is 0.227 e. The second-order valence-electron chi connectivity index (χ2n) is 6.75. The van der Waals surface area contributed by atoms with Crippen molar-refractivity contribution < 1.29 is 4.79 Å². The Hall–Kier alpha value is -1.06. The molecule has 2 rings (SSSR count). The normalized spacial score (nSPS) is 24.3. The van der Waals surface area contributed by atoms with E-state index in [1.807, 2.05) is 42.2 Å². The number of hydrogen-bond donors (Lipinski definition) is 1. The smallest absolute Gasteiger partial charge is 0.227 e. The summed E-state index contributed by atoms with van der Waals surface area (Å²) in [5.41, 5.74) is 7.60. The average molecular weight is 325 g/mol. The van der Waals surface area contributed by atoms with E-state index in [-0.39, 0.29) is 35.7 Å². The van der Waals surface area contributed by atoms with Crippen molar-refractivity contribution in [3.8, 4) is 0 Å². The van der Waals surface area contributed by atoms with E-state index in [9.17, 15) is 4.79 Å². The first-order valence-electron chi connectivity index (χ1n) is 8.06. The highest BCUT2D eigenvalue weighted by Gasteiger charge is 2.34. The van der Waals surface area contributed by atoms with Gasteiger partial charge < -0.3 is 10.6 Å². The van der Waals surface area contributed by atoms with E-state index in [1.54, 1.807) is 0 Å². The maximum atomic E-state index is 12.8. The zero-order chi connectivity index (χ0) is 15.5. The first kappa shape index (κ1) is 19.0. The van der Waals surface area contributed by atoms with Crippen molar-refractivity contribution in [2.45, 2.75) is 46.1 Å². The molecule has 0 bridgehead atoms. The molecule has 124 valence electrons. The molecule has 2 N–H and O–H groups in total. The van der Waals surface area contributed by atoms with Crippen LogP contribution in [0.5, 0.6) is 0 Å². The van der Waals surface area contributed by atoms with Crippen LogP contribution < -0.4 is 5.73 Å². The molecule has 0 saturated carbocycles. The minimum Gasteiger partial charge on any atom is -0.342 e. The van der Waals surface area contributed by atoms with Gasteiger partial charge in [0.2, 0.25) is 5.91 Å². The number of likely N-dealkylation sites (tertiary alicyclic amines) is 1. The van der Waals surface area contributed by atoms with Crippen LogP contribution >= 0.6 is 12.4 Å². The van der Waals surface area contributed by atoms with Gasteiger partial charge in [-0.25, -0.2) is 0 Å². The predicted molar refractivity (Wildman–Crippen MR) is 94.0 cm³/mol. The van der Waals surface area contributed by atoms with Gasteiger partial charge in [0, 0.05) is 19.1 Å². The SMILES string of the molecule is CCC1(C)CCCN(C(=O)C(C)C(N)c2ccccc2)C1.Cl. The van der Waals surface area contributed by atoms with Crippen molar-refractivity contribution in [1.82, 2.24) is 4.90 Å². The Labute approximate surface area is 140 Å². The molecule has 1 fully saturated rings. The molecule has 0 spiro atoms. The summed E-state index contributed by atoms with van der Waals surface area (Å²) >= 11 is 0. The van der Waals surface area contributed by atoms with Crippen LogP contribution in [0.25, 0.3) is 0 Å². The number of nitrogens with zero attached hydrogens (tertiary/aromatic N) is 1. The number of rotatable bonds is 4. The highest BCUT2D eigenvalue weighted by atomic mass is 35.5. The minimum atomic E-state index is -0.228. The van der Waals surface area contributed by atoms with Gasteiger partial charge in [0.15, 0.2) is 0 Å². The second kappa shape index (κ2) is 7.98. The first-order chi connectivity index (χ1) is 9.97. The molecule has 3 nitrogen and oxygen atoms in total. The molecule has 1 saturated heterocycles. The summed E-state index contributed by atoms with van der Waals surface area (Å²) in [6.07, 6.45) is 3.44. The van der Waals surface area contributed by atoms with Crippen LogP contribution in [0, 0.1) is 11.3 Å². The fraction of sp³-hybridized carbons (Fsp3) is 0.611. The van der Waals surface area contributed by atoms with E-state index in [0.717, 1.165) is 31.5 Å². The number of amides is 1. The Balaban J connectivity index is 0.00000242. The van der Waals surface area contributed by atoms with Gasteiger partial charge in [0.25, 0.3) is 0 Å². The molecule has 0 aromatic heterocycles. The quantitative estimate of drug-likeness (QED) is 0.916. The van der Waals surface area contributed by atoms with E-state index in [1.165, 1.54) is 6.42 Å². The molecule has 1 amide bonds. The minimum absolute atomic E-state index is 0. The average Bonchev–Trinajstić information content (AvgIpc) is 2.53. The van der Waals surface area contributed by atoms with Crippen molar-refractivity contribution >= 4 is 18.3 Å². The van der Waals surface area contributed by atoms with Crippen LogP contribution in [0.1, 0.15) is 51.6 Å². The molecule has 0 radical (unpaired) electrons. The Morgan fingerprint density at radius 3 is 2.59 bits per heavy atom. The van der Waals surface area contributed by atoms with Crippen molar-refractivity contribution in [3.05, 3.63) is 35.9 Å². The van der Waals surface area contributed by atoms with Crippen LogP contribution in [-0.4, -0.2) is 23.9 Å². The summed E-state index contributed by atoms with van der Waals surface area (Å²) < 4.78 is 0. The van der Waals surface area contributed by atoms with Crippen molar-refractivity contribution in [2.75, 3.05) is 13.1 Å². The molecule has 0 aliphatic carbocycles. The summed E-state index contributed by atoms with van der Waals surface area (Å²) in [6, 6.07) is 9.69. The lowest BCUT2D eigenvalue weighted by Gasteiger charge is -2.41. The van der Waals surface area contributed by atoms with Gasteiger partial charge in [-0.15, -0.1) is 12.4 Å². The number of halogens is 1. The lowest BCUT2D eigenvalue weighted by molar-refractivity contribution is -0.139. The van der Waals surface area contributed by atoms with Crippen molar-refractivity contribution in [3.63, 3.8) is 0 Å². The highest BCUT2D eigenvalue weighted by molar-refractivity contribution is 5.85.